The molecule has 2 heterocycles. The van der Waals surface area contributed by atoms with Gasteiger partial charge in [0.1, 0.15) is 0 Å². The zero-order valence-electron chi connectivity index (χ0n) is 13.0. The number of rotatable bonds is 7. The summed E-state index contributed by atoms with van der Waals surface area (Å²) in [5.41, 5.74) is 1.13. The molecule has 0 aliphatic rings. The summed E-state index contributed by atoms with van der Waals surface area (Å²) >= 11 is 7.49. The lowest BCUT2D eigenvalue weighted by atomic mass is 10.1. The molecule has 0 radical (unpaired) electrons. The maximum absolute atomic E-state index is 12.0. The fourth-order valence-electron chi connectivity index (χ4n) is 2.32. The number of aryl methyl sites for hydroxylation is 1. The van der Waals surface area contributed by atoms with Crippen molar-refractivity contribution in [2.24, 2.45) is 0 Å². The van der Waals surface area contributed by atoms with Crippen LogP contribution < -0.4 is 5.32 Å². The lowest BCUT2D eigenvalue weighted by Crippen LogP contribution is -2.11. The second-order valence-corrected chi connectivity index (χ2v) is 6.94. The molecule has 3 rings (SSSR count). The van der Waals surface area contributed by atoms with E-state index >= 15 is 0 Å². The van der Waals surface area contributed by atoms with E-state index in [1.165, 1.54) is 11.3 Å². The van der Waals surface area contributed by atoms with Crippen LogP contribution in [-0.2, 0) is 17.8 Å². The Kier molecular flexibility index (Phi) is 5.61. The van der Waals surface area contributed by atoms with Crippen molar-refractivity contribution in [1.29, 1.82) is 0 Å². The van der Waals surface area contributed by atoms with Crippen LogP contribution in [0, 0.1) is 0 Å². The maximum atomic E-state index is 12.0. The van der Waals surface area contributed by atoms with Crippen LogP contribution in [0.15, 0.2) is 49.2 Å². The van der Waals surface area contributed by atoms with Gasteiger partial charge in [0.05, 0.1) is 6.33 Å². The first-order valence-electron chi connectivity index (χ1n) is 7.64. The predicted octanol–water partition coefficient (Wildman–Crippen LogP) is 4.00. The number of thiazole rings is 1. The van der Waals surface area contributed by atoms with Gasteiger partial charge in [-0.3, -0.25) is 4.79 Å². The van der Waals surface area contributed by atoms with Crippen LogP contribution in [-0.4, -0.2) is 20.4 Å². The monoisotopic (exact) mass is 360 g/mol. The topological polar surface area (TPSA) is 59.8 Å². The van der Waals surface area contributed by atoms with E-state index in [2.05, 4.69) is 15.3 Å². The van der Waals surface area contributed by atoms with Gasteiger partial charge in [-0.2, -0.15) is 0 Å². The Morgan fingerprint density at radius 3 is 3.08 bits per heavy atom. The fraction of sp³-hybridized carbons (Fsp3) is 0.235. The van der Waals surface area contributed by atoms with E-state index in [4.69, 9.17) is 11.6 Å². The van der Waals surface area contributed by atoms with Crippen molar-refractivity contribution in [2.45, 2.75) is 25.8 Å². The van der Waals surface area contributed by atoms with Crippen LogP contribution in [0.4, 0.5) is 5.13 Å². The quantitative estimate of drug-likeness (QED) is 0.692. The van der Waals surface area contributed by atoms with Gasteiger partial charge in [-0.15, -0.1) is 11.3 Å². The smallest absolute Gasteiger partial charge is 0.226 e. The zero-order valence-corrected chi connectivity index (χ0v) is 14.6. The number of hydrogen-bond donors (Lipinski definition) is 1. The molecule has 1 N–H and O–H groups in total. The number of aromatic nitrogens is 3. The highest BCUT2D eigenvalue weighted by Crippen LogP contribution is 2.22. The van der Waals surface area contributed by atoms with Crippen molar-refractivity contribution in [2.75, 3.05) is 5.32 Å². The largest absolute Gasteiger partial charge is 0.337 e. The molecule has 0 bridgehead atoms. The Morgan fingerprint density at radius 1 is 1.38 bits per heavy atom. The molecule has 0 aliphatic carbocycles. The van der Waals surface area contributed by atoms with Crippen LogP contribution in [0.2, 0.25) is 5.02 Å². The molecular weight excluding hydrogens is 344 g/mol. The first kappa shape index (κ1) is 16.7. The second-order valence-electron chi connectivity index (χ2n) is 5.39. The van der Waals surface area contributed by atoms with E-state index in [1.807, 2.05) is 35.0 Å². The number of nitrogens with one attached hydrogen (secondary N) is 1. The Labute approximate surface area is 149 Å². The number of benzene rings is 1. The number of amides is 1. The minimum atomic E-state index is -0.0150. The van der Waals surface area contributed by atoms with Gasteiger partial charge in [-0.05, 0) is 24.1 Å². The van der Waals surface area contributed by atoms with Gasteiger partial charge in [0.15, 0.2) is 5.13 Å². The van der Waals surface area contributed by atoms with E-state index in [-0.39, 0.29) is 5.91 Å². The van der Waals surface area contributed by atoms with Crippen LogP contribution >= 0.6 is 22.9 Å². The van der Waals surface area contributed by atoms with Crippen molar-refractivity contribution in [3.8, 4) is 0 Å². The summed E-state index contributed by atoms with van der Waals surface area (Å²) in [5.74, 6) is -0.0150. The Bertz CT molecular complexity index is 801. The van der Waals surface area contributed by atoms with E-state index in [9.17, 15) is 4.79 Å². The first-order chi connectivity index (χ1) is 11.7. The second kappa shape index (κ2) is 8.08. The van der Waals surface area contributed by atoms with Crippen LogP contribution in [0.1, 0.15) is 23.3 Å². The number of imidazole rings is 1. The molecule has 24 heavy (non-hydrogen) atoms. The van der Waals surface area contributed by atoms with Crippen molar-refractivity contribution in [1.82, 2.24) is 14.5 Å². The predicted molar refractivity (Wildman–Crippen MR) is 96.5 cm³/mol. The van der Waals surface area contributed by atoms with Gasteiger partial charge in [-0.25, -0.2) is 9.97 Å². The fourth-order valence-corrected chi connectivity index (χ4v) is 3.39. The van der Waals surface area contributed by atoms with Crippen LogP contribution in [0.5, 0.6) is 0 Å². The average Bonchev–Trinajstić information content (AvgIpc) is 3.20. The summed E-state index contributed by atoms with van der Waals surface area (Å²) in [6.45, 7) is 0.783. The number of hydrogen-bond acceptors (Lipinski definition) is 4. The van der Waals surface area contributed by atoms with Gasteiger partial charge in [-0.1, -0.05) is 23.7 Å². The van der Waals surface area contributed by atoms with E-state index in [0.717, 1.165) is 34.8 Å². The van der Waals surface area contributed by atoms with Gasteiger partial charge < -0.3 is 9.88 Å². The molecule has 1 amide bonds. The Balaban J connectivity index is 1.47. The van der Waals surface area contributed by atoms with Crippen molar-refractivity contribution in [3.63, 3.8) is 0 Å². The molecule has 0 fully saturated rings. The van der Waals surface area contributed by atoms with Crippen LogP contribution in [0.3, 0.4) is 0 Å². The van der Waals surface area contributed by atoms with Gasteiger partial charge in [0, 0.05) is 47.9 Å². The minimum absolute atomic E-state index is 0.0150. The molecule has 5 nitrogen and oxygen atoms in total. The molecule has 124 valence electrons. The lowest BCUT2D eigenvalue weighted by Gasteiger charge is -2.02. The summed E-state index contributed by atoms with van der Waals surface area (Å²) in [5, 5.41) is 4.22. The number of carbonyl (C=O) groups excluding carboxylic acids is 1. The van der Waals surface area contributed by atoms with Crippen LogP contribution in [0.25, 0.3) is 0 Å². The highest BCUT2D eigenvalue weighted by Gasteiger charge is 2.07. The average molecular weight is 361 g/mol. The standard InChI is InChI=1S/C17H17ClN4OS/c18-14-4-1-3-13(9-14)10-15-11-20-17(24-15)21-16(23)5-2-7-22-8-6-19-12-22/h1,3-4,6,8-9,11-12H,2,5,7,10H2,(H,20,21,23). The third-order valence-electron chi connectivity index (χ3n) is 3.45. The van der Waals surface area contributed by atoms with Crippen molar-refractivity contribution in [3.05, 3.63) is 64.6 Å². The van der Waals surface area contributed by atoms with Gasteiger partial charge in [0.25, 0.3) is 0 Å². The normalized spacial score (nSPS) is 10.7. The lowest BCUT2D eigenvalue weighted by molar-refractivity contribution is -0.116. The number of anilines is 1. The summed E-state index contributed by atoms with van der Waals surface area (Å²) in [6.07, 6.45) is 9.16. The first-order valence-corrected chi connectivity index (χ1v) is 8.83. The number of halogens is 1. The van der Waals surface area contributed by atoms with Gasteiger partial charge in [0.2, 0.25) is 5.91 Å². The molecule has 7 heteroatoms. The highest BCUT2D eigenvalue weighted by molar-refractivity contribution is 7.15. The van der Waals surface area contributed by atoms with E-state index in [0.29, 0.717) is 11.6 Å². The summed E-state index contributed by atoms with van der Waals surface area (Å²) in [6, 6.07) is 7.75. The van der Waals surface area contributed by atoms with Crippen molar-refractivity contribution >= 4 is 34.0 Å². The van der Waals surface area contributed by atoms with E-state index in [1.54, 1.807) is 18.7 Å². The van der Waals surface area contributed by atoms with Crippen molar-refractivity contribution < 1.29 is 4.79 Å². The summed E-state index contributed by atoms with van der Waals surface area (Å²) < 4.78 is 1.96. The third-order valence-corrected chi connectivity index (χ3v) is 4.59. The number of carbonyl (C=O) groups is 1. The summed E-state index contributed by atoms with van der Waals surface area (Å²) in [4.78, 5) is 21.3. The van der Waals surface area contributed by atoms with E-state index < -0.39 is 0 Å². The Hall–Kier alpha value is -2.18. The zero-order chi connectivity index (χ0) is 16.8. The molecule has 2 aromatic heterocycles. The maximum Gasteiger partial charge on any atom is 0.226 e. The minimum Gasteiger partial charge on any atom is -0.337 e. The molecule has 0 unspecified atom stereocenters. The Morgan fingerprint density at radius 2 is 2.29 bits per heavy atom. The molecule has 0 spiro atoms. The third kappa shape index (κ3) is 4.91. The molecule has 0 aliphatic heterocycles. The highest BCUT2D eigenvalue weighted by atomic mass is 35.5. The summed E-state index contributed by atoms with van der Waals surface area (Å²) in [7, 11) is 0. The molecule has 0 saturated carbocycles. The molecular formula is C17H17ClN4OS. The molecule has 3 aromatic rings. The van der Waals surface area contributed by atoms with Gasteiger partial charge >= 0.3 is 0 Å². The molecule has 0 atom stereocenters. The molecule has 0 saturated heterocycles. The SMILES string of the molecule is O=C(CCCn1ccnc1)Nc1ncc(Cc2cccc(Cl)c2)s1. The number of nitrogens with zero attached hydrogens (tertiary/aromatic N) is 3. The molecule has 1 aromatic carbocycles.